The average Bonchev–Trinajstić information content (AvgIpc) is 2.72. The van der Waals surface area contributed by atoms with Crippen molar-refractivity contribution in [1.29, 1.82) is 0 Å². The number of benzene rings is 2. The van der Waals surface area contributed by atoms with E-state index in [9.17, 15) is 25.3 Å². The van der Waals surface area contributed by atoms with Gasteiger partial charge in [0, 0.05) is 30.6 Å². The number of hydrogen-bond donors (Lipinski definition) is 2. The molecule has 0 amide bonds. The molecule has 2 aromatic carbocycles. The van der Waals surface area contributed by atoms with E-state index in [4.69, 9.17) is 0 Å². The third-order valence-corrected chi connectivity index (χ3v) is 4.61. The standard InChI is InChI=1S/C20H18N4O5/c1-13-17(12-25)9-18(23(26)27)19(20(13)24(28)29)22-10-14-4-6-15(7-5-14)16-3-2-8-21-11-16/h2-9,11,22,25H,10,12H2,1H3. The van der Waals surface area contributed by atoms with Crippen LogP contribution in [0.4, 0.5) is 17.1 Å². The highest BCUT2D eigenvalue weighted by Crippen LogP contribution is 2.39. The number of pyridine rings is 1. The van der Waals surface area contributed by atoms with Crippen molar-refractivity contribution in [3.05, 3.63) is 91.8 Å². The Morgan fingerprint density at radius 3 is 2.34 bits per heavy atom. The molecule has 0 saturated heterocycles. The fourth-order valence-corrected chi connectivity index (χ4v) is 3.06. The summed E-state index contributed by atoms with van der Waals surface area (Å²) in [4.78, 5) is 25.7. The van der Waals surface area contributed by atoms with E-state index in [1.165, 1.54) is 6.92 Å². The number of nitro benzene ring substituents is 2. The summed E-state index contributed by atoms with van der Waals surface area (Å²) in [5.74, 6) is 0. The molecule has 3 aromatic rings. The van der Waals surface area contributed by atoms with Crippen molar-refractivity contribution >= 4 is 17.1 Å². The third kappa shape index (κ3) is 4.19. The molecule has 0 aliphatic rings. The fourth-order valence-electron chi connectivity index (χ4n) is 3.06. The van der Waals surface area contributed by atoms with Crippen LogP contribution in [-0.4, -0.2) is 19.9 Å². The Bertz CT molecular complexity index is 1050. The highest BCUT2D eigenvalue weighted by Gasteiger charge is 2.30. The number of nitrogens with zero attached hydrogens (tertiary/aromatic N) is 3. The quantitative estimate of drug-likeness (QED) is 0.457. The van der Waals surface area contributed by atoms with E-state index < -0.39 is 27.8 Å². The van der Waals surface area contributed by atoms with Crippen LogP contribution in [0, 0.1) is 27.2 Å². The number of nitro groups is 2. The number of aliphatic hydroxyl groups is 1. The van der Waals surface area contributed by atoms with E-state index in [1.54, 1.807) is 12.4 Å². The molecule has 0 aliphatic heterocycles. The van der Waals surface area contributed by atoms with Gasteiger partial charge in [0.05, 0.1) is 16.5 Å². The van der Waals surface area contributed by atoms with E-state index in [2.05, 4.69) is 10.3 Å². The van der Waals surface area contributed by atoms with Crippen LogP contribution in [0.5, 0.6) is 0 Å². The predicted molar refractivity (Wildman–Crippen MR) is 107 cm³/mol. The van der Waals surface area contributed by atoms with Gasteiger partial charge in [-0.1, -0.05) is 30.3 Å². The lowest BCUT2D eigenvalue weighted by Crippen LogP contribution is -2.09. The van der Waals surface area contributed by atoms with Gasteiger partial charge in [-0.25, -0.2) is 0 Å². The fraction of sp³-hybridized carbons (Fsp3) is 0.150. The number of nitrogens with one attached hydrogen (secondary N) is 1. The van der Waals surface area contributed by atoms with Gasteiger partial charge < -0.3 is 10.4 Å². The van der Waals surface area contributed by atoms with Crippen LogP contribution in [0.1, 0.15) is 16.7 Å². The normalized spacial score (nSPS) is 10.6. The molecule has 0 radical (unpaired) electrons. The summed E-state index contributed by atoms with van der Waals surface area (Å²) in [5, 5.41) is 35.2. The maximum Gasteiger partial charge on any atom is 0.302 e. The number of aliphatic hydroxyl groups excluding tert-OH is 1. The van der Waals surface area contributed by atoms with Crippen molar-refractivity contribution in [3.8, 4) is 11.1 Å². The summed E-state index contributed by atoms with van der Waals surface area (Å²) < 4.78 is 0. The van der Waals surface area contributed by atoms with Crippen molar-refractivity contribution in [2.75, 3.05) is 5.32 Å². The highest BCUT2D eigenvalue weighted by molar-refractivity contribution is 5.77. The number of aromatic nitrogens is 1. The molecule has 9 nitrogen and oxygen atoms in total. The van der Waals surface area contributed by atoms with Gasteiger partial charge >= 0.3 is 5.69 Å². The van der Waals surface area contributed by atoms with Gasteiger partial charge in [-0.3, -0.25) is 25.2 Å². The minimum atomic E-state index is -0.695. The van der Waals surface area contributed by atoms with Gasteiger partial charge in [-0.15, -0.1) is 0 Å². The molecule has 0 spiro atoms. The first-order chi connectivity index (χ1) is 13.9. The Morgan fingerprint density at radius 2 is 1.79 bits per heavy atom. The smallest absolute Gasteiger partial charge is 0.302 e. The zero-order chi connectivity index (χ0) is 21.0. The van der Waals surface area contributed by atoms with Crippen molar-refractivity contribution in [3.63, 3.8) is 0 Å². The van der Waals surface area contributed by atoms with E-state index in [1.807, 2.05) is 36.4 Å². The molecule has 29 heavy (non-hydrogen) atoms. The first-order valence-corrected chi connectivity index (χ1v) is 8.71. The molecular weight excluding hydrogens is 376 g/mol. The molecule has 0 unspecified atom stereocenters. The Morgan fingerprint density at radius 1 is 1.07 bits per heavy atom. The Kier molecular flexibility index (Phi) is 5.79. The molecule has 0 fully saturated rings. The van der Waals surface area contributed by atoms with Crippen LogP contribution >= 0.6 is 0 Å². The van der Waals surface area contributed by atoms with Crippen LogP contribution in [-0.2, 0) is 13.2 Å². The lowest BCUT2D eigenvalue weighted by atomic mass is 10.0. The lowest BCUT2D eigenvalue weighted by molar-refractivity contribution is -0.392. The molecule has 3 rings (SSSR count). The average molecular weight is 394 g/mol. The van der Waals surface area contributed by atoms with Gasteiger partial charge in [-0.2, -0.15) is 0 Å². The lowest BCUT2D eigenvalue weighted by Gasteiger charge is -2.12. The largest absolute Gasteiger partial charge is 0.392 e. The van der Waals surface area contributed by atoms with E-state index in [0.29, 0.717) is 0 Å². The number of anilines is 1. The van der Waals surface area contributed by atoms with Crippen LogP contribution in [0.25, 0.3) is 11.1 Å². The first-order valence-electron chi connectivity index (χ1n) is 8.71. The molecule has 9 heteroatoms. The summed E-state index contributed by atoms with van der Waals surface area (Å²) >= 11 is 0. The molecule has 148 valence electrons. The summed E-state index contributed by atoms with van der Waals surface area (Å²) in [6.07, 6.45) is 3.43. The Balaban J connectivity index is 1.91. The third-order valence-electron chi connectivity index (χ3n) is 4.61. The van der Waals surface area contributed by atoms with E-state index in [-0.39, 0.29) is 23.4 Å². The topological polar surface area (TPSA) is 131 Å². The van der Waals surface area contributed by atoms with Crippen molar-refractivity contribution in [2.45, 2.75) is 20.1 Å². The van der Waals surface area contributed by atoms with Crippen LogP contribution in [0.3, 0.4) is 0 Å². The van der Waals surface area contributed by atoms with Gasteiger partial charge in [-0.05, 0) is 35.2 Å². The van der Waals surface area contributed by atoms with Gasteiger partial charge in [0.15, 0.2) is 5.69 Å². The minimum absolute atomic E-state index is 0.148. The molecule has 0 saturated carbocycles. The molecule has 1 heterocycles. The van der Waals surface area contributed by atoms with Crippen molar-refractivity contribution in [2.24, 2.45) is 0 Å². The van der Waals surface area contributed by atoms with E-state index >= 15 is 0 Å². The zero-order valence-electron chi connectivity index (χ0n) is 15.5. The Labute approximate surface area is 166 Å². The maximum absolute atomic E-state index is 11.6. The monoisotopic (exact) mass is 394 g/mol. The summed E-state index contributed by atoms with van der Waals surface area (Å²) in [7, 11) is 0. The maximum atomic E-state index is 11.6. The van der Waals surface area contributed by atoms with Gasteiger partial charge in [0.2, 0.25) is 0 Å². The highest BCUT2D eigenvalue weighted by atomic mass is 16.6. The van der Waals surface area contributed by atoms with Crippen LogP contribution < -0.4 is 5.32 Å². The molecule has 2 N–H and O–H groups in total. The molecule has 1 aromatic heterocycles. The number of rotatable bonds is 7. The number of hydrogen-bond acceptors (Lipinski definition) is 7. The summed E-state index contributed by atoms with van der Waals surface area (Å²) in [5.41, 5.74) is 2.02. The second-order valence-corrected chi connectivity index (χ2v) is 6.37. The minimum Gasteiger partial charge on any atom is -0.392 e. The molecule has 0 bridgehead atoms. The molecule has 0 aliphatic carbocycles. The van der Waals surface area contributed by atoms with Crippen LogP contribution in [0.15, 0.2) is 54.9 Å². The molecular formula is C20H18N4O5. The molecule has 0 atom stereocenters. The first kappa shape index (κ1) is 19.9. The van der Waals surface area contributed by atoms with Crippen LogP contribution in [0.2, 0.25) is 0 Å². The Hall–Kier alpha value is -3.85. The second-order valence-electron chi connectivity index (χ2n) is 6.37. The second kappa shape index (κ2) is 8.44. The zero-order valence-corrected chi connectivity index (χ0v) is 15.5. The van der Waals surface area contributed by atoms with Gasteiger partial charge in [0.25, 0.3) is 5.69 Å². The van der Waals surface area contributed by atoms with Gasteiger partial charge in [0.1, 0.15) is 0 Å². The predicted octanol–water partition coefficient (Wildman–Crippen LogP) is 3.98. The van der Waals surface area contributed by atoms with E-state index in [0.717, 1.165) is 22.8 Å². The van der Waals surface area contributed by atoms with Crippen molar-refractivity contribution < 1.29 is 15.0 Å². The van der Waals surface area contributed by atoms with Crippen molar-refractivity contribution in [1.82, 2.24) is 4.98 Å². The SMILES string of the molecule is Cc1c(CO)cc([N+](=O)[O-])c(NCc2ccc(-c3cccnc3)cc2)c1[N+](=O)[O-]. The summed E-state index contributed by atoms with van der Waals surface area (Å²) in [6, 6.07) is 12.4. The summed E-state index contributed by atoms with van der Waals surface area (Å²) in [6.45, 7) is 1.10.